The first-order valence-electron chi connectivity index (χ1n) is 6.49. The molecular formula is C14H16F2N2O2. The molecule has 4 nitrogen and oxygen atoms in total. The van der Waals surface area contributed by atoms with Crippen LogP contribution in [0, 0.1) is 17.6 Å². The first kappa shape index (κ1) is 14.4. The minimum Gasteiger partial charge on any atom is -0.359 e. The predicted octanol–water partition coefficient (Wildman–Crippen LogP) is 1.56. The molecule has 0 atom stereocenters. The number of hydrogen-bond donors (Lipinski definition) is 1. The van der Waals surface area contributed by atoms with E-state index in [0.717, 1.165) is 12.1 Å². The Kier molecular flexibility index (Phi) is 4.32. The lowest BCUT2D eigenvalue weighted by Crippen LogP contribution is -2.42. The average Bonchev–Trinajstić information content (AvgIpc) is 2.46. The van der Waals surface area contributed by atoms with E-state index in [1.165, 1.54) is 4.90 Å². The lowest BCUT2D eigenvalue weighted by atomic mass is 9.95. The van der Waals surface area contributed by atoms with Crippen molar-refractivity contribution in [3.05, 3.63) is 35.4 Å². The van der Waals surface area contributed by atoms with Gasteiger partial charge in [0.2, 0.25) is 5.91 Å². The van der Waals surface area contributed by atoms with Crippen molar-refractivity contribution in [1.82, 2.24) is 10.2 Å². The van der Waals surface area contributed by atoms with E-state index in [2.05, 4.69) is 5.32 Å². The summed E-state index contributed by atoms with van der Waals surface area (Å²) in [5, 5.41) is 2.58. The molecule has 1 N–H and O–H groups in total. The Morgan fingerprint density at radius 3 is 2.45 bits per heavy atom. The molecule has 2 amide bonds. The van der Waals surface area contributed by atoms with Gasteiger partial charge < -0.3 is 10.2 Å². The van der Waals surface area contributed by atoms with Gasteiger partial charge in [0.15, 0.2) is 0 Å². The molecule has 2 rings (SSSR count). The summed E-state index contributed by atoms with van der Waals surface area (Å²) < 4.78 is 26.4. The van der Waals surface area contributed by atoms with Gasteiger partial charge in [0.1, 0.15) is 11.6 Å². The molecule has 0 radical (unpaired) electrons. The highest BCUT2D eigenvalue weighted by atomic mass is 19.1. The number of hydrogen-bond acceptors (Lipinski definition) is 2. The van der Waals surface area contributed by atoms with E-state index in [1.807, 2.05) is 0 Å². The van der Waals surface area contributed by atoms with Crippen molar-refractivity contribution >= 4 is 11.8 Å². The number of rotatable bonds is 2. The number of amides is 2. The molecule has 1 aromatic rings. The molecule has 0 saturated carbocycles. The van der Waals surface area contributed by atoms with Crippen LogP contribution in [0.15, 0.2) is 18.2 Å². The van der Waals surface area contributed by atoms with Crippen molar-refractivity contribution < 1.29 is 18.4 Å². The van der Waals surface area contributed by atoms with E-state index in [9.17, 15) is 18.4 Å². The average molecular weight is 282 g/mol. The number of likely N-dealkylation sites (tertiary alicyclic amines) is 1. The Hall–Kier alpha value is -1.98. The minimum absolute atomic E-state index is 0.0370. The molecule has 1 heterocycles. The molecule has 20 heavy (non-hydrogen) atoms. The molecular weight excluding hydrogens is 266 g/mol. The zero-order valence-corrected chi connectivity index (χ0v) is 11.2. The number of benzene rings is 1. The fourth-order valence-corrected chi connectivity index (χ4v) is 2.38. The highest BCUT2D eigenvalue weighted by Crippen LogP contribution is 2.20. The normalized spacial score (nSPS) is 16.1. The van der Waals surface area contributed by atoms with Crippen LogP contribution < -0.4 is 5.32 Å². The van der Waals surface area contributed by atoms with Crippen molar-refractivity contribution in [1.29, 1.82) is 0 Å². The molecule has 1 aliphatic rings. The first-order valence-corrected chi connectivity index (χ1v) is 6.49. The van der Waals surface area contributed by atoms with Gasteiger partial charge in [-0.1, -0.05) is 0 Å². The zero-order valence-electron chi connectivity index (χ0n) is 11.2. The zero-order chi connectivity index (χ0) is 14.7. The van der Waals surface area contributed by atoms with Gasteiger partial charge in [-0.25, -0.2) is 8.78 Å². The molecule has 1 aliphatic heterocycles. The van der Waals surface area contributed by atoms with E-state index >= 15 is 0 Å². The van der Waals surface area contributed by atoms with E-state index in [-0.39, 0.29) is 17.4 Å². The van der Waals surface area contributed by atoms with Gasteiger partial charge >= 0.3 is 0 Å². The Morgan fingerprint density at radius 2 is 1.90 bits per heavy atom. The number of piperidine rings is 1. The van der Waals surface area contributed by atoms with E-state index in [4.69, 9.17) is 0 Å². The second kappa shape index (κ2) is 5.98. The number of carbonyl (C=O) groups excluding carboxylic acids is 2. The fraction of sp³-hybridized carbons (Fsp3) is 0.429. The summed E-state index contributed by atoms with van der Waals surface area (Å²) in [7, 11) is 1.58. The lowest BCUT2D eigenvalue weighted by Gasteiger charge is -2.31. The topological polar surface area (TPSA) is 49.4 Å². The second-order valence-electron chi connectivity index (χ2n) is 4.80. The molecule has 0 spiro atoms. The predicted molar refractivity (Wildman–Crippen MR) is 69.1 cm³/mol. The smallest absolute Gasteiger partial charge is 0.256 e. The number of carbonyl (C=O) groups is 2. The van der Waals surface area contributed by atoms with Gasteiger partial charge in [-0.05, 0) is 25.0 Å². The first-order chi connectivity index (χ1) is 9.52. The summed E-state index contributed by atoms with van der Waals surface area (Å²) >= 11 is 0. The molecule has 1 fully saturated rings. The Morgan fingerprint density at radius 1 is 1.25 bits per heavy atom. The fourth-order valence-electron chi connectivity index (χ4n) is 2.38. The minimum atomic E-state index is -0.858. The molecule has 0 bridgehead atoms. The number of nitrogens with zero attached hydrogens (tertiary/aromatic N) is 1. The van der Waals surface area contributed by atoms with Crippen LogP contribution in [0.1, 0.15) is 23.2 Å². The second-order valence-corrected chi connectivity index (χ2v) is 4.80. The van der Waals surface area contributed by atoms with Gasteiger partial charge in [-0.3, -0.25) is 9.59 Å². The standard InChI is InChI=1S/C14H16F2N2O2/c1-17-13(19)9-4-6-18(7-5-9)14(20)11-3-2-10(15)8-12(11)16/h2-3,8-9H,4-7H2,1H3,(H,17,19). The Balaban J connectivity index is 2.03. The SMILES string of the molecule is CNC(=O)C1CCN(C(=O)c2ccc(F)cc2F)CC1. The summed E-state index contributed by atoms with van der Waals surface area (Å²) in [4.78, 5) is 25.1. The van der Waals surface area contributed by atoms with Gasteiger partial charge in [0, 0.05) is 32.1 Å². The van der Waals surface area contributed by atoms with Crippen molar-refractivity contribution in [2.75, 3.05) is 20.1 Å². The van der Waals surface area contributed by atoms with Gasteiger partial charge in [-0.15, -0.1) is 0 Å². The Bertz CT molecular complexity index is 526. The largest absolute Gasteiger partial charge is 0.359 e. The third-order valence-corrected chi connectivity index (χ3v) is 3.56. The highest BCUT2D eigenvalue weighted by Gasteiger charge is 2.28. The van der Waals surface area contributed by atoms with Crippen LogP contribution in [0.25, 0.3) is 0 Å². The molecule has 0 aromatic heterocycles. The number of nitrogens with one attached hydrogen (secondary N) is 1. The van der Waals surface area contributed by atoms with Crippen molar-refractivity contribution in [3.8, 4) is 0 Å². The Labute approximate surface area is 115 Å². The lowest BCUT2D eigenvalue weighted by molar-refractivity contribution is -0.125. The quantitative estimate of drug-likeness (QED) is 0.895. The summed E-state index contributed by atoms with van der Waals surface area (Å²) in [5.74, 6) is -2.18. The highest BCUT2D eigenvalue weighted by molar-refractivity contribution is 5.94. The summed E-state index contributed by atoms with van der Waals surface area (Å²) in [6.45, 7) is 0.793. The van der Waals surface area contributed by atoms with E-state index < -0.39 is 17.5 Å². The summed E-state index contributed by atoms with van der Waals surface area (Å²) in [6.07, 6.45) is 1.10. The monoisotopic (exact) mass is 282 g/mol. The van der Waals surface area contributed by atoms with Crippen LogP contribution in [-0.4, -0.2) is 36.9 Å². The molecule has 108 valence electrons. The third kappa shape index (κ3) is 2.95. The maximum Gasteiger partial charge on any atom is 0.256 e. The van der Waals surface area contributed by atoms with Crippen molar-refractivity contribution in [2.24, 2.45) is 5.92 Å². The third-order valence-electron chi connectivity index (χ3n) is 3.56. The van der Waals surface area contributed by atoms with Crippen molar-refractivity contribution in [2.45, 2.75) is 12.8 Å². The molecule has 6 heteroatoms. The van der Waals surface area contributed by atoms with Crippen LogP contribution in [0.3, 0.4) is 0 Å². The molecule has 1 saturated heterocycles. The summed E-state index contributed by atoms with van der Waals surface area (Å²) in [5.41, 5.74) is -0.134. The molecule has 1 aromatic carbocycles. The van der Waals surface area contributed by atoms with Crippen LogP contribution in [0.5, 0.6) is 0 Å². The van der Waals surface area contributed by atoms with Crippen molar-refractivity contribution in [3.63, 3.8) is 0 Å². The van der Waals surface area contributed by atoms with E-state index in [0.29, 0.717) is 32.0 Å². The molecule has 0 aliphatic carbocycles. The van der Waals surface area contributed by atoms with Crippen LogP contribution >= 0.6 is 0 Å². The number of halogens is 2. The maximum absolute atomic E-state index is 13.6. The van der Waals surface area contributed by atoms with Gasteiger partial charge in [0.05, 0.1) is 5.56 Å². The van der Waals surface area contributed by atoms with Gasteiger partial charge in [-0.2, -0.15) is 0 Å². The maximum atomic E-state index is 13.6. The summed E-state index contributed by atoms with van der Waals surface area (Å²) in [6, 6.07) is 2.91. The van der Waals surface area contributed by atoms with E-state index in [1.54, 1.807) is 7.05 Å². The van der Waals surface area contributed by atoms with Gasteiger partial charge in [0.25, 0.3) is 5.91 Å². The van der Waals surface area contributed by atoms with Crippen LogP contribution in [0.4, 0.5) is 8.78 Å². The van der Waals surface area contributed by atoms with Crippen LogP contribution in [0.2, 0.25) is 0 Å². The molecule has 0 unspecified atom stereocenters. The van der Waals surface area contributed by atoms with Crippen LogP contribution in [-0.2, 0) is 4.79 Å².